The van der Waals surface area contributed by atoms with Gasteiger partial charge in [-0.15, -0.1) is 11.3 Å². The van der Waals surface area contributed by atoms with Gasteiger partial charge in [0, 0.05) is 20.2 Å². The Balaban J connectivity index is 1.98. The third kappa shape index (κ3) is 2.11. The maximum atomic E-state index is 13.1. The van der Waals surface area contributed by atoms with E-state index in [0.717, 1.165) is 11.1 Å². The highest BCUT2D eigenvalue weighted by Crippen LogP contribution is 2.37. The molecule has 0 fully saturated rings. The number of fused-ring (bicyclic) bond motifs is 3. The van der Waals surface area contributed by atoms with Crippen molar-refractivity contribution in [2.75, 3.05) is 0 Å². The monoisotopic (exact) mass is 306 g/mol. The molecule has 0 radical (unpaired) electrons. The van der Waals surface area contributed by atoms with Crippen molar-refractivity contribution in [2.45, 2.75) is 13.8 Å². The van der Waals surface area contributed by atoms with Crippen LogP contribution < -0.4 is 0 Å². The summed E-state index contributed by atoms with van der Waals surface area (Å²) in [6.45, 7) is 4.31. The standard InChI is InChI=1S/C20H15FS/c1-12-9-17-18-11-15(14-3-6-16(21)7-4-14)5-8-19(18)22-20(17)10-13(12)2/h3-11H,1-2H3. The number of rotatable bonds is 1. The molecule has 0 aliphatic rings. The van der Waals surface area contributed by atoms with Gasteiger partial charge < -0.3 is 0 Å². The maximum Gasteiger partial charge on any atom is 0.123 e. The van der Waals surface area contributed by atoms with Crippen LogP contribution in [0.4, 0.5) is 4.39 Å². The van der Waals surface area contributed by atoms with Gasteiger partial charge in [-0.2, -0.15) is 0 Å². The fraction of sp³-hybridized carbons (Fsp3) is 0.100. The molecular weight excluding hydrogens is 291 g/mol. The Kier molecular flexibility index (Phi) is 3.02. The fourth-order valence-corrected chi connectivity index (χ4v) is 4.02. The molecule has 0 saturated heterocycles. The van der Waals surface area contributed by atoms with Crippen molar-refractivity contribution in [3.8, 4) is 11.1 Å². The Morgan fingerprint density at radius 2 is 1.32 bits per heavy atom. The van der Waals surface area contributed by atoms with Crippen molar-refractivity contribution in [2.24, 2.45) is 0 Å². The summed E-state index contributed by atoms with van der Waals surface area (Å²) in [7, 11) is 0. The van der Waals surface area contributed by atoms with Crippen LogP contribution in [0.25, 0.3) is 31.3 Å². The molecule has 4 aromatic rings. The molecule has 22 heavy (non-hydrogen) atoms. The first-order valence-electron chi connectivity index (χ1n) is 7.31. The van der Waals surface area contributed by atoms with E-state index >= 15 is 0 Å². The number of halogens is 1. The van der Waals surface area contributed by atoms with E-state index in [-0.39, 0.29) is 5.82 Å². The zero-order valence-electron chi connectivity index (χ0n) is 12.5. The van der Waals surface area contributed by atoms with E-state index in [1.807, 2.05) is 23.5 Å². The van der Waals surface area contributed by atoms with Gasteiger partial charge in [-0.25, -0.2) is 4.39 Å². The van der Waals surface area contributed by atoms with Crippen LogP contribution in [-0.4, -0.2) is 0 Å². The van der Waals surface area contributed by atoms with Crippen molar-refractivity contribution in [1.82, 2.24) is 0 Å². The summed E-state index contributed by atoms with van der Waals surface area (Å²) in [6.07, 6.45) is 0. The molecule has 0 spiro atoms. The highest BCUT2D eigenvalue weighted by Gasteiger charge is 2.08. The minimum atomic E-state index is -0.197. The summed E-state index contributed by atoms with van der Waals surface area (Å²) in [5.41, 5.74) is 4.83. The second kappa shape index (κ2) is 4.92. The average Bonchev–Trinajstić information content (AvgIpc) is 2.85. The van der Waals surface area contributed by atoms with E-state index in [9.17, 15) is 4.39 Å². The third-order valence-corrected chi connectivity index (χ3v) is 5.40. The number of hydrogen-bond donors (Lipinski definition) is 0. The van der Waals surface area contributed by atoms with E-state index in [0.29, 0.717) is 0 Å². The zero-order chi connectivity index (χ0) is 15.3. The molecule has 4 rings (SSSR count). The predicted octanol–water partition coefficient (Wildman–Crippen LogP) is 6.48. The highest BCUT2D eigenvalue weighted by molar-refractivity contribution is 7.25. The summed E-state index contributed by atoms with van der Waals surface area (Å²) in [5.74, 6) is -0.197. The lowest BCUT2D eigenvalue weighted by Crippen LogP contribution is -1.80. The molecule has 2 heteroatoms. The Labute approximate surface area is 132 Å². The Morgan fingerprint density at radius 3 is 2.09 bits per heavy atom. The molecule has 0 saturated carbocycles. The van der Waals surface area contributed by atoms with Crippen LogP contribution >= 0.6 is 11.3 Å². The van der Waals surface area contributed by atoms with E-state index < -0.39 is 0 Å². The lowest BCUT2D eigenvalue weighted by molar-refractivity contribution is 0.628. The van der Waals surface area contributed by atoms with Crippen molar-refractivity contribution in [3.63, 3.8) is 0 Å². The predicted molar refractivity (Wildman–Crippen MR) is 94.2 cm³/mol. The van der Waals surface area contributed by atoms with Gasteiger partial charge in [0.05, 0.1) is 0 Å². The lowest BCUT2D eigenvalue weighted by Gasteiger charge is -2.03. The molecule has 0 bridgehead atoms. The summed E-state index contributed by atoms with van der Waals surface area (Å²) < 4.78 is 15.7. The second-order valence-electron chi connectivity index (χ2n) is 5.75. The molecule has 1 aromatic heterocycles. The van der Waals surface area contributed by atoms with E-state index in [1.165, 1.54) is 43.4 Å². The quantitative estimate of drug-likeness (QED) is 0.377. The van der Waals surface area contributed by atoms with Crippen LogP contribution in [-0.2, 0) is 0 Å². The van der Waals surface area contributed by atoms with Crippen molar-refractivity contribution in [3.05, 3.63) is 71.5 Å². The molecule has 0 N–H and O–H groups in total. The molecule has 1 heterocycles. The fourth-order valence-electron chi connectivity index (χ4n) is 2.85. The van der Waals surface area contributed by atoms with Crippen molar-refractivity contribution >= 4 is 31.5 Å². The lowest BCUT2D eigenvalue weighted by atomic mass is 10.0. The Morgan fingerprint density at radius 1 is 0.682 bits per heavy atom. The van der Waals surface area contributed by atoms with Gasteiger partial charge in [0.2, 0.25) is 0 Å². The van der Waals surface area contributed by atoms with Gasteiger partial charge in [0.15, 0.2) is 0 Å². The van der Waals surface area contributed by atoms with Crippen molar-refractivity contribution < 1.29 is 4.39 Å². The second-order valence-corrected chi connectivity index (χ2v) is 6.84. The summed E-state index contributed by atoms with van der Waals surface area (Å²) in [5, 5.41) is 2.59. The molecule has 0 aliphatic heterocycles. The Hall–Kier alpha value is -2.19. The van der Waals surface area contributed by atoms with Crippen LogP contribution in [0.2, 0.25) is 0 Å². The number of thiophene rings is 1. The van der Waals surface area contributed by atoms with Gasteiger partial charge in [-0.3, -0.25) is 0 Å². The first kappa shape index (κ1) is 13.5. The maximum absolute atomic E-state index is 13.1. The minimum absolute atomic E-state index is 0.197. The molecule has 0 nitrogen and oxygen atoms in total. The molecule has 0 amide bonds. The molecule has 0 aliphatic carbocycles. The van der Waals surface area contributed by atoms with E-state index in [4.69, 9.17) is 0 Å². The third-order valence-electron chi connectivity index (χ3n) is 4.26. The molecule has 0 unspecified atom stereocenters. The highest BCUT2D eigenvalue weighted by atomic mass is 32.1. The Bertz CT molecular complexity index is 994. The number of benzene rings is 3. The van der Waals surface area contributed by atoms with Crippen LogP contribution in [0.5, 0.6) is 0 Å². The van der Waals surface area contributed by atoms with Gasteiger partial charge in [-0.05, 0) is 72.5 Å². The molecule has 0 atom stereocenters. The first-order chi connectivity index (χ1) is 10.6. The van der Waals surface area contributed by atoms with Gasteiger partial charge in [0.25, 0.3) is 0 Å². The molecular formula is C20H15FS. The largest absolute Gasteiger partial charge is 0.207 e. The number of hydrogen-bond acceptors (Lipinski definition) is 1. The van der Waals surface area contributed by atoms with Crippen LogP contribution in [0.3, 0.4) is 0 Å². The van der Waals surface area contributed by atoms with E-state index in [2.05, 4.69) is 44.2 Å². The smallest absolute Gasteiger partial charge is 0.123 e. The van der Waals surface area contributed by atoms with Gasteiger partial charge >= 0.3 is 0 Å². The molecule has 108 valence electrons. The summed E-state index contributed by atoms with van der Waals surface area (Å²) >= 11 is 1.83. The van der Waals surface area contributed by atoms with Crippen LogP contribution in [0.15, 0.2) is 54.6 Å². The first-order valence-corrected chi connectivity index (χ1v) is 8.13. The molecule has 3 aromatic carbocycles. The topological polar surface area (TPSA) is 0 Å². The average molecular weight is 306 g/mol. The summed E-state index contributed by atoms with van der Waals surface area (Å²) in [4.78, 5) is 0. The summed E-state index contributed by atoms with van der Waals surface area (Å²) in [6, 6.07) is 17.7. The minimum Gasteiger partial charge on any atom is -0.207 e. The normalized spacial score (nSPS) is 11.4. The van der Waals surface area contributed by atoms with Gasteiger partial charge in [0.1, 0.15) is 5.82 Å². The van der Waals surface area contributed by atoms with Crippen LogP contribution in [0, 0.1) is 19.7 Å². The number of aryl methyl sites for hydroxylation is 2. The van der Waals surface area contributed by atoms with E-state index in [1.54, 1.807) is 0 Å². The zero-order valence-corrected chi connectivity index (χ0v) is 13.3. The van der Waals surface area contributed by atoms with Crippen molar-refractivity contribution in [1.29, 1.82) is 0 Å². The SMILES string of the molecule is Cc1cc2sc3ccc(-c4ccc(F)cc4)cc3c2cc1C. The van der Waals surface area contributed by atoms with Crippen LogP contribution in [0.1, 0.15) is 11.1 Å². The van der Waals surface area contributed by atoms with Gasteiger partial charge in [-0.1, -0.05) is 18.2 Å².